The van der Waals surface area contributed by atoms with E-state index in [9.17, 15) is 4.79 Å². The van der Waals surface area contributed by atoms with Gasteiger partial charge in [-0.2, -0.15) is 0 Å². The number of hydrogen-bond acceptors (Lipinski definition) is 1. The Bertz CT molecular complexity index is 605. The van der Waals surface area contributed by atoms with Gasteiger partial charge in [0.1, 0.15) is 5.69 Å². The molecule has 0 fully saturated rings. The highest BCUT2D eigenvalue weighted by Gasteiger charge is 2.11. The van der Waals surface area contributed by atoms with Crippen LogP contribution in [0.1, 0.15) is 16.1 Å². The van der Waals surface area contributed by atoms with Crippen LogP contribution in [0, 0.1) is 6.92 Å². The summed E-state index contributed by atoms with van der Waals surface area (Å²) >= 11 is 6.80. The molecule has 0 radical (unpaired) electrons. The Morgan fingerprint density at radius 2 is 2.00 bits per heavy atom. The summed E-state index contributed by atoms with van der Waals surface area (Å²) in [7, 11) is 1.84. The fourth-order valence-corrected chi connectivity index (χ4v) is 2.52. The average Bonchev–Trinajstić information content (AvgIpc) is 2.63. The third-order valence-electron chi connectivity index (χ3n) is 2.63. The third-order valence-corrected chi connectivity index (χ3v) is 3.92. The van der Waals surface area contributed by atoms with E-state index in [0.717, 1.165) is 20.2 Å². The number of carbonyl (C=O) groups excluding carboxylic acids is 1. The molecule has 5 heteroatoms. The third kappa shape index (κ3) is 2.84. The number of aryl methyl sites for hydroxylation is 2. The van der Waals surface area contributed by atoms with Crippen LogP contribution in [0.2, 0.25) is 0 Å². The monoisotopic (exact) mass is 370 g/mol. The second-order valence-corrected chi connectivity index (χ2v) is 5.84. The Morgan fingerprint density at radius 3 is 2.56 bits per heavy atom. The van der Waals surface area contributed by atoms with E-state index in [2.05, 4.69) is 37.2 Å². The summed E-state index contributed by atoms with van der Waals surface area (Å²) in [4.78, 5) is 12.1. The van der Waals surface area contributed by atoms with Crippen LogP contribution in [-0.2, 0) is 7.05 Å². The Labute approximate surface area is 122 Å². The molecule has 1 heterocycles. The van der Waals surface area contributed by atoms with Gasteiger partial charge in [-0.15, -0.1) is 0 Å². The normalized spacial score (nSPS) is 10.4. The zero-order valence-electron chi connectivity index (χ0n) is 10.00. The van der Waals surface area contributed by atoms with Crippen LogP contribution in [0.15, 0.2) is 39.4 Å². The van der Waals surface area contributed by atoms with Crippen LogP contribution < -0.4 is 5.32 Å². The number of hydrogen-bond donors (Lipinski definition) is 1. The van der Waals surface area contributed by atoms with E-state index in [0.29, 0.717) is 5.69 Å². The van der Waals surface area contributed by atoms with Crippen LogP contribution in [0.3, 0.4) is 0 Å². The summed E-state index contributed by atoms with van der Waals surface area (Å²) in [5, 5.41) is 2.87. The highest BCUT2D eigenvalue weighted by Crippen LogP contribution is 2.21. The zero-order chi connectivity index (χ0) is 13.3. The topological polar surface area (TPSA) is 34.0 Å². The number of carbonyl (C=O) groups is 1. The molecule has 0 aliphatic heterocycles. The number of halogens is 2. The van der Waals surface area contributed by atoms with Crippen molar-refractivity contribution in [3.8, 4) is 0 Å². The first-order valence-electron chi connectivity index (χ1n) is 5.37. The molecule has 3 nitrogen and oxygen atoms in total. The molecule has 1 amide bonds. The first kappa shape index (κ1) is 13.4. The highest BCUT2D eigenvalue weighted by molar-refractivity contribution is 9.10. The van der Waals surface area contributed by atoms with Crippen molar-refractivity contribution in [2.24, 2.45) is 7.05 Å². The van der Waals surface area contributed by atoms with Crippen LogP contribution in [0.5, 0.6) is 0 Å². The quantitative estimate of drug-likeness (QED) is 0.846. The molecule has 94 valence electrons. The van der Waals surface area contributed by atoms with E-state index in [-0.39, 0.29) is 5.91 Å². The minimum absolute atomic E-state index is 0.126. The van der Waals surface area contributed by atoms with Crippen molar-refractivity contribution in [2.75, 3.05) is 5.32 Å². The number of nitrogens with one attached hydrogen (secondary N) is 1. The molecule has 2 aromatic rings. The van der Waals surface area contributed by atoms with Gasteiger partial charge in [-0.05, 0) is 46.6 Å². The summed E-state index contributed by atoms with van der Waals surface area (Å²) in [6.45, 7) is 2.00. The molecule has 0 saturated heterocycles. The van der Waals surface area contributed by atoms with Gasteiger partial charge in [0.25, 0.3) is 5.91 Å². The number of aromatic nitrogens is 1. The molecule has 0 bridgehead atoms. The van der Waals surface area contributed by atoms with Gasteiger partial charge in [-0.3, -0.25) is 4.79 Å². The van der Waals surface area contributed by atoms with Crippen LogP contribution in [0.25, 0.3) is 0 Å². The summed E-state index contributed by atoms with van der Waals surface area (Å²) in [6.07, 6.45) is 1.85. The van der Waals surface area contributed by atoms with Gasteiger partial charge < -0.3 is 9.88 Å². The maximum Gasteiger partial charge on any atom is 0.272 e. The Kier molecular flexibility index (Phi) is 3.92. The Balaban J connectivity index is 2.21. The lowest BCUT2D eigenvalue weighted by Crippen LogP contribution is -2.15. The lowest BCUT2D eigenvalue weighted by molar-refractivity contribution is 0.101. The summed E-state index contributed by atoms with van der Waals surface area (Å²) in [6, 6.07) is 7.53. The number of anilines is 1. The van der Waals surface area contributed by atoms with Crippen molar-refractivity contribution < 1.29 is 4.79 Å². The minimum Gasteiger partial charge on any atom is -0.345 e. The number of benzene rings is 1. The fourth-order valence-electron chi connectivity index (χ4n) is 1.62. The molecule has 1 N–H and O–H groups in total. The summed E-state index contributed by atoms with van der Waals surface area (Å²) in [5.74, 6) is -0.126. The van der Waals surface area contributed by atoms with Gasteiger partial charge in [0.15, 0.2) is 0 Å². The van der Waals surface area contributed by atoms with E-state index in [4.69, 9.17) is 0 Å². The molecule has 1 aromatic carbocycles. The van der Waals surface area contributed by atoms with Crippen LogP contribution in [-0.4, -0.2) is 10.5 Å². The molecule has 0 aliphatic rings. The van der Waals surface area contributed by atoms with E-state index in [1.165, 1.54) is 0 Å². The number of rotatable bonds is 2. The molecule has 0 aliphatic carbocycles. The SMILES string of the molecule is Cc1ccc(NC(=O)c2cc(Br)cn2C)cc1Br. The first-order valence-corrected chi connectivity index (χ1v) is 6.95. The predicted molar refractivity (Wildman–Crippen MR) is 79.9 cm³/mol. The molecule has 0 atom stereocenters. The minimum atomic E-state index is -0.126. The van der Waals surface area contributed by atoms with E-state index in [1.54, 1.807) is 10.6 Å². The zero-order valence-corrected chi connectivity index (χ0v) is 13.2. The smallest absolute Gasteiger partial charge is 0.272 e. The van der Waals surface area contributed by atoms with Gasteiger partial charge in [0.05, 0.1) is 0 Å². The van der Waals surface area contributed by atoms with Crippen LogP contribution >= 0.6 is 31.9 Å². The summed E-state index contributed by atoms with van der Waals surface area (Å²) in [5.41, 5.74) is 2.52. The molecule has 0 unspecified atom stereocenters. The maximum atomic E-state index is 12.1. The first-order chi connectivity index (χ1) is 8.47. The molecule has 18 heavy (non-hydrogen) atoms. The second kappa shape index (κ2) is 5.28. The van der Waals surface area contributed by atoms with E-state index in [1.807, 2.05) is 38.4 Å². The van der Waals surface area contributed by atoms with Gasteiger partial charge in [-0.1, -0.05) is 22.0 Å². The Morgan fingerprint density at radius 1 is 1.28 bits per heavy atom. The van der Waals surface area contributed by atoms with E-state index >= 15 is 0 Å². The lowest BCUT2D eigenvalue weighted by atomic mass is 10.2. The predicted octanol–water partition coefficient (Wildman–Crippen LogP) is 4.11. The molecule has 1 aromatic heterocycles. The van der Waals surface area contributed by atoms with Gasteiger partial charge in [0.2, 0.25) is 0 Å². The highest BCUT2D eigenvalue weighted by atomic mass is 79.9. The number of nitrogens with zero attached hydrogens (tertiary/aromatic N) is 1. The maximum absolute atomic E-state index is 12.1. The lowest BCUT2D eigenvalue weighted by Gasteiger charge is -2.07. The van der Waals surface area contributed by atoms with E-state index < -0.39 is 0 Å². The fraction of sp³-hybridized carbons (Fsp3) is 0.154. The molecule has 0 saturated carbocycles. The van der Waals surface area contributed by atoms with Crippen molar-refractivity contribution in [3.05, 3.63) is 50.7 Å². The van der Waals surface area contributed by atoms with Crippen molar-refractivity contribution in [1.82, 2.24) is 4.57 Å². The van der Waals surface area contributed by atoms with Gasteiger partial charge >= 0.3 is 0 Å². The molecule has 2 rings (SSSR count). The molecular formula is C13H12Br2N2O. The average molecular weight is 372 g/mol. The second-order valence-electron chi connectivity index (χ2n) is 4.07. The van der Waals surface area contributed by atoms with Crippen molar-refractivity contribution in [2.45, 2.75) is 6.92 Å². The Hall–Kier alpha value is -1.07. The largest absolute Gasteiger partial charge is 0.345 e. The molecular weight excluding hydrogens is 360 g/mol. The van der Waals surface area contributed by atoms with Crippen molar-refractivity contribution in [3.63, 3.8) is 0 Å². The van der Waals surface area contributed by atoms with Crippen LogP contribution in [0.4, 0.5) is 5.69 Å². The molecule has 0 spiro atoms. The summed E-state index contributed by atoms with van der Waals surface area (Å²) < 4.78 is 3.65. The van der Waals surface area contributed by atoms with Crippen molar-refractivity contribution >= 4 is 43.5 Å². The van der Waals surface area contributed by atoms with Gasteiger partial charge in [-0.25, -0.2) is 0 Å². The number of amides is 1. The standard InChI is InChI=1S/C13H12Br2N2O/c1-8-3-4-10(6-11(8)15)16-13(18)12-5-9(14)7-17(12)2/h3-7H,1-2H3,(H,16,18). The van der Waals surface area contributed by atoms with Gasteiger partial charge in [0, 0.05) is 27.9 Å². The van der Waals surface area contributed by atoms with Crippen molar-refractivity contribution in [1.29, 1.82) is 0 Å².